The molecular weight excluding hydrogens is 548 g/mol. The molecule has 0 fully saturated rings. The van der Waals surface area contributed by atoms with Gasteiger partial charge >= 0.3 is 6.18 Å². The lowest BCUT2D eigenvalue weighted by atomic mass is 10.1. The molecule has 3 rings (SSSR count). The number of hydrogen-bond acceptors (Lipinski definition) is 4. The van der Waals surface area contributed by atoms with Gasteiger partial charge in [-0.05, 0) is 48.7 Å². The minimum Gasteiger partial charge on any atom is -0.468 e. The summed E-state index contributed by atoms with van der Waals surface area (Å²) < 4.78 is 43.4. The lowest BCUT2D eigenvalue weighted by Gasteiger charge is -2.12. The highest BCUT2D eigenvalue weighted by Gasteiger charge is 2.28. The third-order valence-electron chi connectivity index (χ3n) is 4.36. The van der Waals surface area contributed by atoms with Crippen molar-refractivity contribution in [3.05, 3.63) is 72.2 Å². The summed E-state index contributed by atoms with van der Waals surface area (Å²) in [7, 11) is 0. The van der Waals surface area contributed by atoms with Crippen LogP contribution in [0.3, 0.4) is 0 Å². The van der Waals surface area contributed by atoms with E-state index in [9.17, 15) is 13.2 Å². The van der Waals surface area contributed by atoms with Crippen molar-refractivity contribution in [3.63, 3.8) is 0 Å². The highest BCUT2D eigenvalue weighted by molar-refractivity contribution is 14.0. The summed E-state index contributed by atoms with van der Waals surface area (Å²) in [6.45, 7) is 2.21. The molecule has 178 valence electrons. The van der Waals surface area contributed by atoms with Crippen molar-refractivity contribution in [1.82, 2.24) is 25.4 Å². The number of nitrogens with one attached hydrogen (secondary N) is 2. The monoisotopic (exact) mass is 574 g/mol. The molecule has 1 aromatic carbocycles. The molecule has 33 heavy (non-hydrogen) atoms. The molecule has 0 radical (unpaired) electrons. The van der Waals surface area contributed by atoms with Gasteiger partial charge in [0.2, 0.25) is 5.88 Å². The summed E-state index contributed by atoms with van der Waals surface area (Å²) in [5.41, 5.74) is 2.87. The normalized spacial score (nSPS) is 11.6. The Hall–Kier alpha value is -2.83. The number of benzene rings is 1. The Labute approximate surface area is 207 Å². The van der Waals surface area contributed by atoms with Gasteiger partial charge < -0.3 is 15.4 Å². The van der Waals surface area contributed by atoms with Crippen LogP contribution in [0.2, 0.25) is 0 Å². The molecule has 0 saturated carbocycles. The highest BCUT2D eigenvalue weighted by Crippen LogP contribution is 2.17. The Morgan fingerprint density at radius 3 is 2.55 bits per heavy atom. The van der Waals surface area contributed by atoms with Crippen LogP contribution >= 0.6 is 24.0 Å². The van der Waals surface area contributed by atoms with Crippen LogP contribution in [0.4, 0.5) is 13.2 Å². The first kappa shape index (κ1) is 26.4. The first-order valence-electron chi connectivity index (χ1n) is 10.2. The van der Waals surface area contributed by atoms with Gasteiger partial charge in [-0.2, -0.15) is 18.3 Å². The summed E-state index contributed by atoms with van der Waals surface area (Å²) in [6.07, 6.45) is 1.43. The first-order chi connectivity index (χ1) is 15.4. The van der Waals surface area contributed by atoms with E-state index in [0.717, 1.165) is 12.1 Å². The summed E-state index contributed by atoms with van der Waals surface area (Å²) in [4.78, 5) is 8.29. The molecular formula is C22H26F3IN6O. The summed E-state index contributed by atoms with van der Waals surface area (Å²) in [6, 6.07) is 13.2. The molecule has 0 aliphatic heterocycles. The van der Waals surface area contributed by atoms with Gasteiger partial charge in [-0.1, -0.05) is 12.1 Å². The zero-order valence-corrected chi connectivity index (χ0v) is 20.4. The van der Waals surface area contributed by atoms with Crippen LogP contribution < -0.4 is 15.4 Å². The topological polar surface area (TPSA) is 76.4 Å². The second-order valence-electron chi connectivity index (χ2n) is 6.90. The van der Waals surface area contributed by atoms with Crippen LogP contribution in [0.5, 0.6) is 5.88 Å². The molecule has 2 N–H and O–H groups in total. The Morgan fingerprint density at radius 2 is 1.88 bits per heavy atom. The van der Waals surface area contributed by atoms with Gasteiger partial charge in [0, 0.05) is 37.7 Å². The maximum Gasteiger partial charge on any atom is 0.422 e. The van der Waals surface area contributed by atoms with Crippen molar-refractivity contribution < 1.29 is 17.9 Å². The van der Waals surface area contributed by atoms with E-state index in [0.29, 0.717) is 24.6 Å². The number of nitrogens with zero attached hydrogens (tertiary/aromatic N) is 4. The van der Waals surface area contributed by atoms with E-state index < -0.39 is 12.8 Å². The summed E-state index contributed by atoms with van der Waals surface area (Å²) >= 11 is 0. The van der Waals surface area contributed by atoms with Crippen molar-refractivity contribution >= 4 is 29.9 Å². The molecule has 0 bridgehead atoms. The SMILES string of the molecule is CCNC(=NCc1ccnc(OCC(F)(F)F)c1)NCCc1ccc(-n2cccn2)cc1.I. The van der Waals surface area contributed by atoms with Gasteiger partial charge in [0.05, 0.1) is 12.2 Å². The number of hydrogen-bond donors (Lipinski definition) is 2. The van der Waals surface area contributed by atoms with Gasteiger partial charge in [-0.3, -0.25) is 0 Å². The fourth-order valence-corrected chi connectivity index (χ4v) is 2.86. The molecule has 11 heteroatoms. The smallest absolute Gasteiger partial charge is 0.422 e. The number of guanidine groups is 1. The molecule has 2 heterocycles. The summed E-state index contributed by atoms with van der Waals surface area (Å²) in [5.74, 6) is 0.543. The lowest BCUT2D eigenvalue weighted by Crippen LogP contribution is -2.38. The first-order valence-corrected chi connectivity index (χ1v) is 10.2. The lowest BCUT2D eigenvalue weighted by molar-refractivity contribution is -0.154. The average Bonchev–Trinajstić information content (AvgIpc) is 3.31. The fraction of sp³-hybridized carbons (Fsp3) is 0.318. The van der Waals surface area contributed by atoms with E-state index in [1.165, 1.54) is 17.8 Å². The molecule has 0 saturated heterocycles. The molecule has 0 aliphatic carbocycles. The predicted molar refractivity (Wildman–Crippen MR) is 131 cm³/mol. The van der Waals surface area contributed by atoms with E-state index >= 15 is 0 Å². The maximum atomic E-state index is 12.3. The van der Waals surface area contributed by atoms with Crippen LogP contribution in [0.1, 0.15) is 18.1 Å². The molecule has 2 aromatic heterocycles. The third kappa shape index (κ3) is 9.28. The van der Waals surface area contributed by atoms with E-state index in [-0.39, 0.29) is 36.4 Å². The van der Waals surface area contributed by atoms with Crippen molar-refractivity contribution in [2.24, 2.45) is 4.99 Å². The number of aliphatic imine (C=N–C) groups is 1. The second kappa shape index (κ2) is 13.0. The van der Waals surface area contributed by atoms with Crippen molar-refractivity contribution in [3.8, 4) is 11.6 Å². The molecule has 3 aromatic rings. The van der Waals surface area contributed by atoms with Gasteiger partial charge in [-0.15, -0.1) is 24.0 Å². The van der Waals surface area contributed by atoms with Crippen molar-refractivity contribution in [1.29, 1.82) is 0 Å². The molecule has 0 aliphatic rings. The number of rotatable bonds is 9. The highest BCUT2D eigenvalue weighted by atomic mass is 127. The molecule has 0 spiro atoms. The van der Waals surface area contributed by atoms with Crippen LogP contribution in [-0.4, -0.2) is 46.6 Å². The standard InChI is InChI=1S/C22H25F3N6O.HI/c1-2-26-21(29-15-18-9-11-27-20(14-18)32-16-22(23,24)25)28-12-8-17-4-6-19(7-5-17)31-13-3-10-30-31;/h3-7,9-11,13-14H,2,8,12,15-16H2,1H3,(H2,26,28,29);1H. The molecule has 0 atom stereocenters. The van der Waals surface area contributed by atoms with Crippen LogP contribution in [-0.2, 0) is 13.0 Å². The van der Waals surface area contributed by atoms with E-state index in [2.05, 4.69) is 37.8 Å². The molecule has 0 unspecified atom stereocenters. The zero-order valence-electron chi connectivity index (χ0n) is 18.0. The summed E-state index contributed by atoms with van der Waals surface area (Å²) in [5, 5.41) is 10.6. The largest absolute Gasteiger partial charge is 0.468 e. The zero-order chi connectivity index (χ0) is 22.8. The fourth-order valence-electron chi connectivity index (χ4n) is 2.86. The number of ether oxygens (including phenoxy) is 1. The minimum atomic E-state index is -4.41. The maximum absolute atomic E-state index is 12.3. The Morgan fingerprint density at radius 1 is 1.09 bits per heavy atom. The van der Waals surface area contributed by atoms with Crippen molar-refractivity contribution in [2.45, 2.75) is 26.1 Å². The Kier molecular flexibility index (Phi) is 10.4. The Bertz CT molecular complexity index is 994. The van der Waals surface area contributed by atoms with E-state index in [4.69, 9.17) is 4.74 Å². The molecule has 7 nitrogen and oxygen atoms in total. The van der Waals surface area contributed by atoms with Gasteiger partial charge in [-0.25, -0.2) is 14.7 Å². The van der Waals surface area contributed by atoms with Gasteiger partial charge in [0.15, 0.2) is 12.6 Å². The number of aromatic nitrogens is 3. The van der Waals surface area contributed by atoms with Crippen LogP contribution in [0.25, 0.3) is 5.69 Å². The van der Waals surface area contributed by atoms with E-state index in [1.807, 2.05) is 31.3 Å². The van der Waals surface area contributed by atoms with Crippen molar-refractivity contribution in [2.75, 3.05) is 19.7 Å². The Balaban J connectivity index is 0.00000385. The predicted octanol–water partition coefficient (Wildman–Crippen LogP) is 4.12. The minimum absolute atomic E-state index is 0. The third-order valence-corrected chi connectivity index (χ3v) is 4.36. The van der Waals surface area contributed by atoms with E-state index in [1.54, 1.807) is 16.9 Å². The second-order valence-corrected chi connectivity index (χ2v) is 6.90. The number of alkyl halides is 3. The number of pyridine rings is 1. The van der Waals surface area contributed by atoms with Crippen LogP contribution in [0, 0.1) is 0 Å². The quantitative estimate of drug-likeness (QED) is 0.229. The van der Waals surface area contributed by atoms with Gasteiger partial charge in [0.1, 0.15) is 0 Å². The average molecular weight is 574 g/mol. The van der Waals surface area contributed by atoms with Gasteiger partial charge in [0.25, 0.3) is 0 Å². The molecule has 0 amide bonds. The van der Waals surface area contributed by atoms with Crippen LogP contribution in [0.15, 0.2) is 66.0 Å². The number of halogens is 4.